The van der Waals surface area contributed by atoms with Crippen molar-refractivity contribution in [3.63, 3.8) is 0 Å². The lowest BCUT2D eigenvalue weighted by atomic mass is 10.00. The van der Waals surface area contributed by atoms with Gasteiger partial charge in [-0.25, -0.2) is 0 Å². The molecule has 1 aliphatic rings. The number of hydrogen-bond acceptors (Lipinski definition) is 5. The fraction of sp³-hybridized carbons (Fsp3) is 0.600. The van der Waals surface area contributed by atoms with Crippen LogP contribution in [0.4, 0.5) is 0 Å². The first-order chi connectivity index (χ1) is 10.1. The maximum absolute atomic E-state index is 12.0. The molecule has 21 heavy (non-hydrogen) atoms. The molecule has 0 aromatic heterocycles. The zero-order valence-electron chi connectivity index (χ0n) is 12.1. The normalized spacial score (nSPS) is 20.3. The van der Waals surface area contributed by atoms with E-state index >= 15 is 0 Å². The predicted molar refractivity (Wildman–Crippen MR) is 81.8 cm³/mol. The van der Waals surface area contributed by atoms with E-state index < -0.39 is 10.1 Å². The summed E-state index contributed by atoms with van der Waals surface area (Å²) in [7, 11) is -3.58. The molecule has 1 saturated heterocycles. The number of para-hydroxylation sites is 1. The summed E-state index contributed by atoms with van der Waals surface area (Å²) in [5, 5.41) is 9.09. The summed E-state index contributed by atoms with van der Waals surface area (Å²) in [6.45, 7) is 1.50. The van der Waals surface area contributed by atoms with Crippen LogP contribution in [-0.4, -0.2) is 49.9 Å². The predicted octanol–water partition coefficient (Wildman–Crippen LogP) is 1.63. The van der Waals surface area contributed by atoms with Gasteiger partial charge in [0, 0.05) is 19.2 Å². The largest absolute Gasteiger partial charge is 0.396 e. The first-order valence-corrected chi connectivity index (χ1v) is 9.00. The lowest BCUT2D eigenvalue weighted by Crippen LogP contribution is -2.42. The third kappa shape index (κ3) is 5.30. The maximum Gasteiger partial charge on any atom is 0.310 e. The molecule has 0 spiro atoms. The quantitative estimate of drug-likeness (QED) is 0.775. The third-order valence-electron chi connectivity index (χ3n) is 3.81. The van der Waals surface area contributed by atoms with Crippen molar-refractivity contribution in [1.29, 1.82) is 0 Å². The van der Waals surface area contributed by atoms with Crippen molar-refractivity contribution in [2.75, 3.05) is 25.4 Å². The monoisotopic (exact) mass is 313 g/mol. The molecule has 0 radical (unpaired) electrons. The van der Waals surface area contributed by atoms with E-state index in [1.54, 1.807) is 24.3 Å². The van der Waals surface area contributed by atoms with Gasteiger partial charge in [0.2, 0.25) is 0 Å². The molecule has 0 bridgehead atoms. The van der Waals surface area contributed by atoms with Crippen LogP contribution in [0.5, 0.6) is 5.75 Å². The molecular formula is C15H23NO4S. The van der Waals surface area contributed by atoms with Crippen LogP contribution >= 0.6 is 0 Å². The van der Waals surface area contributed by atoms with Crippen LogP contribution in [0.25, 0.3) is 0 Å². The Morgan fingerprint density at radius 3 is 2.71 bits per heavy atom. The van der Waals surface area contributed by atoms with E-state index in [4.69, 9.17) is 9.29 Å². The number of likely N-dealkylation sites (tertiary alicyclic amines) is 1. The second kappa shape index (κ2) is 7.77. The minimum Gasteiger partial charge on any atom is -0.396 e. The summed E-state index contributed by atoms with van der Waals surface area (Å²) in [5.41, 5.74) is 0. The van der Waals surface area contributed by atoms with Gasteiger partial charge in [-0.15, -0.1) is 0 Å². The first kappa shape index (κ1) is 16.3. The molecule has 1 unspecified atom stereocenters. The summed E-state index contributed by atoms with van der Waals surface area (Å²) in [5.74, 6) is 0.326. The molecule has 1 heterocycles. The number of aliphatic hydroxyl groups excluding tert-OH is 1. The number of rotatable bonds is 7. The highest BCUT2D eigenvalue weighted by molar-refractivity contribution is 7.87. The van der Waals surface area contributed by atoms with E-state index in [1.165, 1.54) is 0 Å². The van der Waals surface area contributed by atoms with Crippen molar-refractivity contribution >= 4 is 10.1 Å². The fourth-order valence-corrected chi connectivity index (χ4v) is 3.67. The second-order valence-electron chi connectivity index (χ2n) is 5.36. The Balaban J connectivity index is 1.88. The zero-order valence-corrected chi connectivity index (χ0v) is 13.0. The Bertz CT molecular complexity index is 516. The van der Waals surface area contributed by atoms with Crippen LogP contribution in [0, 0.1) is 0 Å². The van der Waals surface area contributed by atoms with Gasteiger partial charge in [-0.3, -0.25) is 4.90 Å². The Hall–Kier alpha value is -1.11. The summed E-state index contributed by atoms with van der Waals surface area (Å²) in [6, 6.07) is 8.85. The number of benzene rings is 1. The van der Waals surface area contributed by atoms with Crippen LogP contribution in [0.2, 0.25) is 0 Å². The molecule has 1 aromatic carbocycles. The lowest BCUT2D eigenvalue weighted by Gasteiger charge is -2.35. The minimum absolute atomic E-state index is 0.0240. The summed E-state index contributed by atoms with van der Waals surface area (Å²) in [6.07, 6.45) is 3.97. The second-order valence-corrected chi connectivity index (χ2v) is 7.05. The molecule has 1 atom stereocenters. The van der Waals surface area contributed by atoms with Gasteiger partial charge < -0.3 is 9.29 Å². The molecule has 2 rings (SSSR count). The molecule has 0 aliphatic carbocycles. The van der Waals surface area contributed by atoms with Gasteiger partial charge in [0.25, 0.3) is 0 Å². The highest BCUT2D eigenvalue weighted by Gasteiger charge is 2.24. The number of piperidine rings is 1. The third-order valence-corrected chi connectivity index (χ3v) is 4.94. The van der Waals surface area contributed by atoms with Gasteiger partial charge in [0.05, 0.1) is 5.75 Å². The van der Waals surface area contributed by atoms with Crippen LogP contribution in [0.15, 0.2) is 30.3 Å². The molecule has 1 N–H and O–H groups in total. The van der Waals surface area contributed by atoms with Gasteiger partial charge in [0.15, 0.2) is 0 Å². The van der Waals surface area contributed by atoms with Crippen molar-refractivity contribution in [1.82, 2.24) is 4.90 Å². The Morgan fingerprint density at radius 1 is 1.24 bits per heavy atom. The highest BCUT2D eigenvalue weighted by Crippen LogP contribution is 2.19. The topological polar surface area (TPSA) is 66.8 Å². The molecule has 1 aromatic rings. The average Bonchev–Trinajstić information content (AvgIpc) is 2.47. The molecule has 6 heteroatoms. The summed E-state index contributed by atoms with van der Waals surface area (Å²) >= 11 is 0. The molecule has 1 fully saturated rings. The van der Waals surface area contributed by atoms with Crippen molar-refractivity contribution in [2.45, 2.75) is 31.7 Å². The van der Waals surface area contributed by atoms with Gasteiger partial charge in [0.1, 0.15) is 5.75 Å². The Kier molecular flexibility index (Phi) is 6.02. The standard InChI is InChI=1S/C15H23NO4S/c17-12-9-14-6-4-5-10-16(14)11-13-21(18,19)20-15-7-2-1-3-8-15/h1-3,7-8,14,17H,4-6,9-13H2. The summed E-state index contributed by atoms with van der Waals surface area (Å²) < 4.78 is 29.1. The van der Waals surface area contributed by atoms with Crippen LogP contribution in [0.3, 0.4) is 0 Å². The van der Waals surface area contributed by atoms with E-state index in [0.29, 0.717) is 18.7 Å². The Morgan fingerprint density at radius 2 is 2.00 bits per heavy atom. The van der Waals surface area contributed by atoms with Crippen LogP contribution < -0.4 is 4.18 Å². The first-order valence-electron chi connectivity index (χ1n) is 7.43. The number of aliphatic hydroxyl groups is 1. The van der Waals surface area contributed by atoms with E-state index in [9.17, 15) is 8.42 Å². The minimum atomic E-state index is -3.58. The zero-order chi connectivity index (χ0) is 15.1. The highest BCUT2D eigenvalue weighted by atomic mass is 32.2. The van der Waals surface area contributed by atoms with Crippen molar-refractivity contribution in [2.24, 2.45) is 0 Å². The molecule has 1 aliphatic heterocycles. The van der Waals surface area contributed by atoms with E-state index in [0.717, 1.165) is 25.8 Å². The van der Waals surface area contributed by atoms with Crippen LogP contribution in [-0.2, 0) is 10.1 Å². The van der Waals surface area contributed by atoms with E-state index in [1.807, 2.05) is 6.07 Å². The Labute approximate surface area is 126 Å². The van der Waals surface area contributed by atoms with Crippen molar-refractivity contribution < 1.29 is 17.7 Å². The molecule has 0 saturated carbocycles. The maximum atomic E-state index is 12.0. The van der Waals surface area contributed by atoms with Gasteiger partial charge in [-0.1, -0.05) is 24.6 Å². The SMILES string of the molecule is O=S(=O)(CCN1CCCCC1CCO)Oc1ccccc1. The lowest BCUT2D eigenvalue weighted by molar-refractivity contribution is 0.126. The molecule has 118 valence electrons. The molecule has 5 nitrogen and oxygen atoms in total. The molecule has 0 amide bonds. The average molecular weight is 313 g/mol. The van der Waals surface area contributed by atoms with Crippen LogP contribution in [0.1, 0.15) is 25.7 Å². The van der Waals surface area contributed by atoms with E-state index in [-0.39, 0.29) is 18.4 Å². The van der Waals surface area contributed by atoms with Gasteiger partial charge in [-0.2, -0.15) is 8.42 Å². The van der Waals surface area contributed by atoms with E-state index in [2.05, 4.69) is 4.90 Å². The number of nitrogens with zero attached hydrogens (tertiary/aromatic N) is 1. The van der Waals surface area contributed by atoms with Gasteiger partial charge in [-0.05, 0) is 37.9 Å². The fourth-order valence-electron chi connectivity index (χ4n) is 2.72. The van der Waals surface area contributed by atoms with Crippen molar-refractivity contribution in [3.05, 3.63) is 30.3 Å². The molecular weight excluding hydrogens is 290 g/mol. The smallest absolute Gasteiger partial charge is 0.310 e. The van der Waals surface area contributed by atoms with Gasteiger partial charge >= 0.3 is 10.1 Å². The van der Waals surface area contributed by atoms with Crippen molar-refractivity contribution in [3.8, 4) is 5.75 Å². The number of hydrogen-bond donors (Lipinski definition) is 1. The summed E-state index contributed by atoms with van der Waals surface area (Å²) in [4.78, 5) is 2.16.